The molecule has 1 aliphatic heterocycles. The minimum absolute atomic E-state index is 0.333. The molecule has 0 radical (unpaired) electrons. The number of nitrogens with zero attached hydrogens (tertiary/aromatic N) is 1. The Morgan fingerprint density at radius 2 is 1.55 bits per heavy atom. The molecule has 0 amide bonds. The van der Waals surface area contributed by atoms with Crippen LogP contribution in [0.5, 0.6) is 17.2 Å². The summed E-state index contributed by atoms with van der Waals surface area (Å²) in [7, 11) is 0. The summed E-state index contributed by atoms with van der Waals surface area (Å²) in [6.45, 7) is 3.08. The van der Waals surface area contributed by atoms with E-state index in [1.54, 1.807) is 0 Å². The van der Waals surface area contributed by atoms with E-state index in [-0.39, 0.29) is 17.4 Å². The maximum Gasteiger partial charge on any atom is 0.306 e. The number of carboxylic acid groups (broad SMARTS) is 1. The smallest absolute Gasteiger partial charge is 0.306 e. The standard InChI is InChI=1S/C12H15NO5.CH2O/c14-9-5-8(6-10(15)11(9)16)13-3-1-7(2-4-13)12(17)18;1-2/h5-7,14-16H,1-4H2,(H,17,18);1H2. The van der Waals surface area contributed by atoms with E-state index in [0.29, 0.717) is 31.6 Å². The first-order chi connectivity index (χ1) is 9.49. The zero-order chi connectivity index (χ0) is 15.3. The van der Waals surface area contributed by atoms with Gasteiger partial charge in [0.2, 0.25) is 0 Å². The molecule has 20 heavy (non-hydrogen) atoms. The van der Waals surface area contributed by atoms with Crippen molar-refractivity contribution in [2.75, 3.05) is 18.0 Å². The normalized spacial score (nSPS) is 15.3. The van der Waals surface area contributed by atoms with Gasteiger partial charge in [-0.3, -0.25) is 4.79 Å². The van der Waals surface area contributed by atoms with Crippen LogP contribution >= 0.6 is 0 Å². The molecule has 7 heteroatoms. The van der Waals surface area contributed by atoms with E-state index in [1.807, 2.05) is 11.7 Å². The van der Waals surface area contributed by atoms with Gasteiger partial charge >= 0.3 is 5.97 Å². The molecule has 0 aliphatic carbocycles. The number of hydrogen-bond acceptors (Lipinski definition) is 6. The molecule has 0 aromatic heterocycles. The van der Waals surface area contributed by atoms with E-state index in [1.165, 1.54) is 12.1 Å². The maximum absolute atomic E-state index is 10.8. The molecule has 1 fully saturated rings. The van der Waals surface area contributed by atoms with Crippen molar-refractivity contribution in [2.24, 2.45) is 5.92 Å². The predicted octanol–water partition coefficient (Wildman–Crippen LogP) is 0.919. The van der Waals surface area contributed by atoms with E-state index >= 15 is 0 Å². The van der Waals surface area contributed by atoms with Crippen molar-refractivity contribution in [2.45, 2.75) is 12.8 Å². The van der Waals surface area contributed by atoms with Crippen LogP contribution in [-0.2, 0) is 9.59 Å². The average molecular weight is 283 g/mol. The van der Waals surface area contributed by atoms with E-state index < -0.39 is 11.7 Å². The summed E-state index contributed by atoms with van der Waals surface area (Å²) in [5.74, 6) is -2.43. The quantitative estimate of drug-likeness (QED) is 0.596. The third-order valence-electron chi connectivity index (χ3n) is 3.26. The van der Waals surface area contributed by atoms with Gasteiger partial charge in [-0.1, -0.05) is 0 Å². The first-order valence-electron chi connectivity index (χ1n) is 6.00. The fourth-order valence-electron chi connectivity index (χ4n) is 2.16. The molecule has 4 N–H and O–H groups in total. The number of carbonyl (C=O) groups excluding carboxylic acids is 1. The molecule has 1 aromatic carbocycles. The van der Waals surface area contributed by atoms with Gasteiger partial charge in [-0.25, -0.2) is 0 Å². The van der Waals surface area contributed by atoms with E-state index in [2.05, 4.69) is 0 Å². The molecule has 1 aromatic rings. The highest BCUT2D eigenvalue weighted by atomic mass is 16.4. The highest BCUT2D eigenvalue weighted by Crippen LogP contribution is 2.39. The SMILES string of the molecule is C=O.O=C(O)C1CCN(c2cc(O)c(O)c(O)c2)CC1. The molecule has 2 rings (SSSR count). The van der Waals surface area contributed by atoms with Crippen molar-refractivity contribution in [1.29, 1.82) is 0 Å². The maximum atomic E-state index is 10.8. The molecule has 0 saturated carbocycles. The Morgan fingerprint density at radius 1 is 1.10 bits per heavy atom. The lowest BCUT2D eigenvalue weighted by Crippen LogP contribution is -2.36. The van der Waals surface area contributed by atoms with E-state index in [4.69, 9.17) is 9.90 Å². The van der Waals surface area contributed by atoms with Crippen LogP contribution in [0.2, 0.25) is 0 Å². The number of phenolic OH excluding ortho intramolecular Hbond substituents is 3. The Labute approximate surface area is 115 Å². The lowest BCUT2D eigenvalue weighted by molar-refractivity contribution is -0.142. The molecule has 7 nitrogen and oxygen atoms in total. The van der Waals surface area contributed by atoms with Crippen LogP contribution in [0.4, 0.5) is 5.69 Å². The lowest BCUT2D eigenvalue weighted by atomic mass is 9.96. The third kappa shape index (κ3) is 3.31. The van der Waals surface area contributed by atoms with Crippen molar-refractivity contribution in [3.63, 3.8) is 0 Å². The first kappa shape index (κ1) is 15.6. The first-order valence-corrected chi connectivity index (χ1v) is 6.00. The number of piperidine rings is 1. The zero-order valence-electron chi connectivity index (χ0n) is 10.8. The molecule has 0 unspecified atom stereocenters. The molecule has 0 atom stereocenters. The molecule has 0 spiro atoms. The molecule has 1 saturated heterocycles. The number of aliphatic carboxylic acids is 1. The van der Waals surface area contributed by atoms with Gasteiger partial charge in [0.05, 0.1) is 5.92 Å². The number of benzene rings is 1. The predicted molar refractivity (Wildman–Crippen MR) is 71.1 cm³/mol. The summed E-state index contributed by atoms with van der Waals surface area (Å²) in [6, 6.07) is 2.71. The van der Waals surface area contributed by atoms with Crippen molar-refractivity contribution in [3.05, 3.63) is 12.1 Å². The Balaban J connectivity index is 0.000000956. The van der Waals surface area contributed by atoms with Crippen LogP contribution in [0, 0.1) is 5.92 Å². The summed E-state index contributed by atoms with van der Waals surface area (Å²) in [6.07, 6.45) is 1.05. The minimum Gasteiger partial charge on any atom is -0.504 e. The fourth-order valence-corrected chi connectivity index (χ4v) is 2.16. The van der Waals surface area contributed by atoms with Crippen LogP contribution in [-0.4, -0.2) is 46.3 Å². The number of carboxylic acids is 1. The second kappa shape index (κ2) is 6.65. The van der Waals surface area contributed by atoms with Crippen molar-refractivity contribution >= 4 is 18.4 Å². The summed E-state index contributed by atoms with van der Waals surface area (Å²) in [4.78, 5) is 20.7. The van der Waals surface area contributed by atoms with Crippen molar-refractivity contribution in [1.82, 2.24) is 0 Å². The fraction of sp³-hybridized carbons (Fsp3) is 0.385. The van der Waals surface area contributed by atoms with Gasteiger partial charge in [-0.2, -0.15) is 0 Å². The summed E-state index contributed by atoms with van der Waals surface area (Å²) in [5, 5.41) is 37.0. The second-order valence-corrected chi connectivity index (χ2v) is 4.43. The van der Waals surface area contributed by atoms with Crippen LogP contribution in [0.25, 0.3) is 0 Å². The molecule has 0 bridgehead atoms. The molecular weight excluding hydrogens is 266 g/mol. The van der Waals surface area contributed by atoms with Crippen LogP contribution in [0.1, 0.15) is 12.8 Å². The van der Waals surface area contributed by atoms with Gasteiger partial charge in [0, 0.05) is 30.9 Å². The average Bonchev–Trinajstić information content (AvgIpc) is 2.46. The number of carbonyl (C=O) groups is 2. The van der Waals surface area contributed by atoms with Crippen LogP contribution in [0.3, 0.4) is 0 Å². The monoisotopic (exact) mass is 283 g/mol. The van der Waals surface area contributed by atoms with Crippen LogP contribution in [0.15, 0.2) is 12.1 Å². The number of aromatic hydroxyl groups is 3. The Bertz CT molecular complexity index is 459. The number of rotatable bonds is 2. The number of anilines is 1. The Morgan fingerprint density at radius 3 is 1.95 bits per heavy atom. The van der Waals surface area contributed by atoms with Gasteiger partial charge in [-0.05, 0) is 12.8 Å². The number of phenols is 3. The van der Waals surface area contributed by atoms with Gasteiger partial charge in [0.1, 0.15) is 6.79 Å². The largest absolute Gasteiger partial charge is 0.504 e. The van der Waals surface area contributed by atoms with Crippen molar-refractivity contribution < 1.29 is 30.0 Å². The molecular formula is C13H17NO6. The lowest BCUT2D eigenvalue weighted by Gasteiger charge is -2.32. The minimum atomic E-state index is -0.786. The Hall–Kier alpha value is -2.44. The molecule has 110 valence electrons. The summed E-state index contributed by atoms with van der Waals surface area (Å²) < 4.78 is 0. The van der Waals surface area contributed by atoms with E-state index in [9.17, 15) is 20.1 Å². The van der Waals surface area contributed by atoms with Gasteiger partial charge in [0.25, 0.3) is 0 Å². The number of hydrogen-bond donors (Lipinski definition) is 4. The topological polar surface area (TPSA) is 118 Å². The second-order valence-electron chi connectivity index (χ2n) is 4.43. The highest BCUT2D eigenvalue weighted by molar-refractivity contribution is 5.70. The Kier molecular flexibility index (Phi) is 5.19. The summed E-state index contributed by atoms with van der Waals surface area (Å²) >= 11 is 0. The van der Waals surface area contributed by atoms with Gasteiger partial charge in [0.15, 0.2) is 17.2 Å². The van der Waals surface area contributed by atoms with Crippen molar-refractivity contribution in [3.8, 4) is 17.2 Å². The van der Waals surface area contributed by atoms with Gasteiger partial charge < -0.3 is 30.1 Å². The third-order valence-corrected chi connectivity index (χ3v) is 3.26. The zero-order valence-corrected chi connectivity index (χ0v) is 10.8. The summed E-state index contributed by atoms with van der Waals surface area (Å²) in [5.41, 5.74) is 0.576. The molecule has 1 heterocycles. The van der Waals surface area contributed by atoms with Gasteiger partial charge in [-0.15, -0.1) is 0 Å². The van der Waals surface area contributed by atoms with E-state index in [0.717, 1.165) is 0 Å². The molecule has 1 aliphatic rings. The van der Waals surface area contributed by atoms with Crippen LogP contribution < -0.4 is 4.90 Å². The highest BCUT2D eigenvalue weighted by Gasteiger charge is 2.25.